The standard InChI is InChI=1S/C10H13N3S/c1-7(9-4-11-12-5-9)3-10-6-14-8(2)13-10/h4-7H,3H2,1-2H3,(H,11,12). The van der Waals surface area contributed by atoms with Crippen LogP contribution in [0.5, 0.6) is 0 Å². The normalized spacial score (nSPS) is 13.0. The number of aromatic amines is 1. The smallest absolute Gasteiger partial charge is 0.0897 e. The van der Waals surface area contributed by atoms with Crippen LogP contribution in [0.4, 0.5) is 0 Å². The van der Waals surface area contributed by atoms with E-state index in [0.29, 0.717) is 5.92 Å². The molecule has 0 aliphatic carbocycles. The first-order valence-corrected chi connectivity index (χ1v) is 5.53. The van der Waals surface area contributed by atoms with Crippen molar-refractivity contribution in [2.75, 3.05) is 0 Å². The van der Waals surface area contributed by atoms with Gasteiger partial charge in [-0.2, -0.15) is 5.10 Å². The van der Waals surface area contributed by atoms with Crippen LogP contribution in [-0.4, -0.2) is 15.2 Å². The van der Waals surface area contributed by atoms with Crippen LogP contribution in [0.15, 0.2) is 17.8 Å². The monoisotopic (exact) mass is 207 g/mol. The van der Waals surface area contributed by atoms with E-state index in [2.05, 4.69) is 27.5 Å². The molecule has 2 aromatic rings. The Labute approximate surface area is 87.2 Å². The summed E-state index contributed by atoms with van der Waals surface area (Å²) in [7, 11) is 0. The molecule has 0 bridgehead atoms. The minimum Gasteiger partial charge on any atom is -0.285 e. The van der Waals surface area contributed by atoms with E-state index < -0.39 is 0 Å². The second-order valence-electron chi connectivity index (χ2n) is 3.49. The SMILES string of the molecule is Cc1nc(CC(C)c2cn[nH]c2)cs1. The summed E-state index contributed by atoms with van der Waals surface area (Å²) in [6, 6.07) is 0. The van der Waals surface area contributed by atoms with Crippen molar-refractivity contribution >= 4 is 11.3 Å². The van der Waals surface area contributed by atoms with Crippen LogP contribution in [-0.2, 0) is 6.42 Å². The maximum absolute atomic E-state index is 4.45. The molecule has 2 aromatic heterocycles. The van der Waals surface area contributed by atoms with E-state index in [0.717, 1.165) is 11.4 Å². The van der Waals surface area contributed by atoms with Gasteiger partial charge in [0.05, 0.1) is 16.9 Å². The molecule has 0 aliphatic heterocycles. The highest BCUT2D eigenvalue weighted by molar-refractivity contribution is 7.09. The summed E-state index contributed by atoms with van der Waals surface area (Å²) in [5.74, 6) is 0.482. The Morgan fingerprint density at radius 1 is 1.57 bits per heavy atom. The molecular formula is C10H13N3S. The van der Waals surface area contributed by atoms with Gasteiger partial charge < -0.3 is 0 Å². The van der Waals surface area contributed by atoms with Crippen molar-refractivity contribution in [2.45, 2.75) is 26.2 Å². The van der Waals surface area contributed by atoms with Gasteiger partial charge in [0.2, 0.25) is 0 Å². The quantitative estimate of drug-likeness (QED) is 0.840. The first-order chi connectivity index (χ1) is 6.75. The van der Waals surface area contributed by atoms with Crippen LogP contribution in [0, 0.1) is 6.92 Å². The van der Waals surface area contributed by atoms with Crippen LogP contribution in [0.3, 0.4) is 0 Å². The average molecular weight is 207 g/mol. The third kappa shape index (κ3) is 2.01. The van der Waals surface area contributed by atoms with Crippen molar-refractivity contribution < 1.29 is 0 Å². The highest BCUT2D eigenvalue weighted by atomic mass is 32.1. The van der Waals surface area contributed by atoms with Crippen molar-refractivity contribution in [3.63, 3.8) is 0 Å². The van der Waals surface area contributed by atoms with Gasteiger partial charge in [0.15, 0.2) is 0 Å². The molecule has 0 amide bonds. The highest BCUT2D eigenvalue weighted by Crippen LogP contribution is 2.20. The number of hydrogen-bond acceptors (Lipinski definition) is 3. The van der Waals surface area contributed by atoms with E-state index in [4.69, 9.17) is 0 Å². The van der Waals surface area contributed by atoms with E-state index in [1.807, 2.05) is 19.3 Å². The lowest BCUT2D eigenvalue weighted by Gasteiger charge is -2.05. The first kappa shape index (κ1) is 9.40. The fourth-order valence-corrected chi connectivity index (χ4v) is 2.09. The maximum atomic E-state index is 4.45. The minimum absolute atomic E-state index is 0.482. The Morgan fingerprint density at radius 3 is 3.00 bits per heavy atom. The van der Waals surface area contributed by atoms with E-state index >= 15 is 0 Å². The summed E-state index contributed by atoms with van der Waals surface area (Å²) in [6.07, 6.45) is 4.82. The van der Waals surface area contributed by atoms with Crippen molar-refractivity contribution in [3.05, 3.63) is 34.0 Å². The molecule has 1 N–H and O–H groups in total. The van der Waals surface area contributed by atoms with Gasteiger partial charge in [-0.3, -0.25) is 5.10 Å². The number of nitrogens with zero attached hydrogens (tertiary/aromatic N) is 2. The van der Waals surface area contributed by atoms with E-state index in [-0.39, 0.29) is 0 Å². The molecule has 2 heterocycles. The number of thiazole rings is 1. The van der Waals surface area contributed by atoms with Crippen molar-refractivity contribution in [3.8, 4) is 0 Å². The topological polar surface area (TPSA) is 41.6 Å². The third-order valence-electron chi connectivity index (χ3n) is 2.27. The molecule has 0 aromatic carbocycles. The first-order valence-electron chi connectivity index (χ1n) is 4.65. The summed E-state index contributed by atoms with van der Waals surface area (Å²) >= 11 is 1.71. The van der Waals surface area contributed by atoms with Crippen LogP contribution < -0.4 is 0 Å². The van der Waals surface area contributed by atoms with Gasteiger partial charge in [0, 0.05) is 11.6 Å². The van der Waals surface area contributed by atoms with Gasteiger partial charge in [0.1, 0.15) is 0 Å². The molecule has 1 unspecified atom stereocenters. The molecule has 3 nitrogen and oxygen atoms in total. The lowest BCUT2D eigenvalue weighted by atomic mass is 10.0. The Morgan fingerprint density at radius 2 is 2.43 bits per heavy atom. The molecule has 2 rings (SSSR count). The van der Waals surface area contributed by atoms with Gasteiger partial charge in [-0.25, -0.2) is 4.98 Å². The van der Waals surface area contributed by atoms with Gasteiger partial charge in [-0.15, -0.1) is 11.3 Å². The largest absolute Gasteiger partial charge is 0.285 e. The molecule has 0 radical (unpaired) electrons. The van der Waals surface area contributed by atoms with Crippen LogP contribution in [0.25, 0.3) is 0 Å². The molecule has 0 aliphatic rings. The summed E-state index contributed by atoms with van der Waals surface area (Å²) in [4.78, 5) is 4.45. The van der Waals surface area contributed by atoms with Crippen LogP contribution >= 0.6 is 11.3 Å². The molecule has 4 heteroatoms. The van der Waals surface area contributed by atoms with Crippen LogP contribution in [0.1, 0.15) is 29.1 Å². The second-order valence-corrected chi connectivity index (χ2v) is 4.56. The fourth-order valence-electron chi connectivity index (χ4n) is 1.46. The molecule has 0 saturated heterocycles. The lowest BCUT2D eigenvalue weighted by Crippen LogP contribution is -1.97. The number of H-pyrrole nitrogens is 1. The number of hydrogen-bond donors (Lipinski definition) is 1. The van der Waals surface area contributed by atoms with Crippen molar-refractivity contribution in [1.29, 1.82) is 0 Å². The predicted octanol–water partition coefficient (Wildman–Crippen LogP) is 2.52. The van der Waals surface area contributed by atoms with E-state index in [1.54, 1.807) is 11.3 Å². The molecule has 1 atom stereocenters. The number of aryl methyl sites for hydroxylation is 1. The van der Waals surface area contributed by atoms with E-state index in [1.165, 1.54) is 11.3 Å². The van der Waals surface area contributed by atoms with Gasteiger partial charge in [-0.1, -0.05) is 6.92 Å². The van der Waals surface area contributed by atoms with Gasteiger partial charge >= 0.3 is 0 Å². The summed E-state index contributed by atoms with van der Waals surface area (Å²) in [5, 5.41) is 10.1. The Hall–Kier alpha value is -1.16. The van der Waals surface area contributed by atoms with Crippen LogP contribution in [0.2, 0.25) is 0 Å². The zero-order chi connectivity index (χ0) is 9.97. The Kier molecular flexibility index (Phi) is 2.63. The van der Waals surface area contributed by atoms with Crippen molar-refractivity contribution in [1.82, 2.24) is 15.2 Å². The zero-order valence-corrected chi connectivity index (χ0v) is 9.14. The average Bonchev–Trinajstić information content (AvgIpc) is 2.75. The summed E-state index contributed by atoms with van der Waals surface area (Å²) in [6.45, 7) is 4.23. The third-order valence-corrected chi connectivity index (χ3v) is 3.09. The second kappa shape index (κ2) is 3.92. The Bertz CT molecular complexity index is 391. The molecule has 14 heavy (non-hydrogen) atoms. The molecule has 0 fully saturated rings. The Balaban J connectivity index is 2.05. The van der Waals surface area contributed by atoms with E-state index in [9.17, 15) is 0 Å². The number of nitrogens with one attached hydrogen (secondary N) is 1. The summed E-state index contributed by atoms with van der Waals surface area (Å²) < 4.78 is 0. The summed E-state index contributed by atoms with van der Waals surface area (Å²) in [5.41, 5.74) is 2.43. The van der Waals surface area contributed by atoms with Gasteiger partial charge in [0.25, 0.3) is 0 Å². The lowest BCUT2D eigenvalue weighted by molar-refractivity contribution is 0.744. The minimum atomic E-state index is 0.482. The molecule has 0 spiro atoms. The van der Waals surface area contributed by atoms with Gasteiger partial charge in [-0.05, 0) is 24.8 Å². The molecule has 0 saturated carbocycles. The predicted molar refractivity (Wildman–Crippen MR) is 57.6 cm³/mol. The number of aromatic nitrogens is 3. The highest BCUT2D eigenvalue weighted by Gasteiger charge is 2.09. The molecule has 74 valence electrons. The zero-order valence-electron chi connectivity index (χ0n) is 8.32. The maximum Gasteiger partial charge on any atom is 0.0897 e. The van der Waals surface area contributed by atoms with Crippen molar-refractivity contribution in [2.24, 2.45) is 0 Å². The number of rotatable bonds is 3. The fraction of sp³-hybridized carbons (Fsp3) is 0.400. The molecular weight excluding hydrogens is 194 g/mol.